The van der Waals surface area contributed by atoms with E-state index in [1.807, 2.05) is 0 Å². The highest BCUT2D eigenvalue weighted by molar-refractivity contribution is 6.56. The first-order chi connectivity index (χ1) is 12.4. The summed E-state index contributed by atoms with van der Waals surface area (Å²) in [4.78, 5) is 50.1. The Morgan fingerprint density at radius 2 is 2.08 bits per heavy atom. The average molecular weight is 358 g/mol. The number of amides is 1. The number of hydrogen-bond acceptors (Lipinski definition) is 7. The number of pyridine rings is 1. The maximum Gasteiger partial charge on any atom is 0.350 e. The number of nitrogens with zero attached hydrogens (tertiary/aromatic N) is 2. The zero-order chi connectivity index (χ0) is 18.6. The van der Waals surface area contributed by atoms with E-state index in [0.717, 1.165) is 19.3 Å². The number of fused-ring (bicyclic) bond motifs is 5. The molecule has 10 heteroatoms. The van der Waals surface area contributed by atoms with E-state index in [1.54, 1.807) is 4.90 Å². The van der Waals surface area contributed by atoms with Gasteiger partial charge in [-0.05, 0) is 19.3 Å². The summed E-state index contributed by atoms with van der Waals surface area (Å²) in [7, 11) is 6.07. The van der Waals surface area contributed by atoms with Crippen LogP contribution in [0.25, 0.3) is 0 Å². The smallest absolute Gasteiger partial charge is 0.350 e. The van der Waals surface area contributed by atoms with Crippen LogP contribution in [0, 0.1) is 0 Å². The average Bonchev–Trinajstić information content (AvgIpc) is 2.95. The zero-order valence-corrected chi connectivity index (χ0v) is 14.0. The second-order valence-corrected chi connectivity index (χ2v) is 6.51. The molecule has 1 amide bonds. The summed E-state index contributed by atoms with van der Waals surface area (Å²) in [6.45, 7) is 0.238. The maximum atomic E-state index is 13.0. The third kappa shape index (κ3) is 2.44. The van der Waals surface area contributed by atoms with Crippen molar-refractivity contribution in [3.8, 4) is 5.75 Å². The Labute approximate surface area is 149 Å². The highest BCUT2D eigenvalue weighted by Gasteiger charge is 2.47. The Kier molecular flexibility index (Phi) is 3.87. The van der Waals surface area contributed by atoms with Crippen LogP contribution in [0.3, 0.4) is 0 Å². The van der Waals surface area contributed by atoms with Crippen LogP contribution in [-0.2, 0) is 16.0 Å². The van der Waals surface area contributed by atoms with Crippen molar-refractivity contribution in [3.63, 3.8) is 0 Å². The van der Waals surface area contributed by atoms with Crippen LogP contribution in [0.5, 0.6) is 5.75 Å². The van der Waals surface area contributed by atoms with E-state index < -0.39 is 29.1 Å². The lowest BCUT2D eigenvalue weighted by Gasteiger charge is -2.44. The van der Waals surface area contributed by atoms with Crippen LogP contribution < -0.4 is 10.2 Å². The number of carbonyl (C=O) groups excluding carboxylic acids is 3. The first-order valence-electron chi connectivity index (χ1n) is 8.22. The van der Waals surface area contributed by atoms with Gasteiger partial charge in [0.15, 0.2) is 17.7 Å². The van der Waals surface area contributed by atoms with Crippen molar-refractivity contribution in [2.75, 3.05) is 7.11 Å². The second-order valence-electron chi connectivity index (χ2n) is 6.51. The molecule has 2 bridgehead atoms. The Bertz CT molecular complexity index is 880. The van der Waals surface area contributed by atoms with E-state index in [-0.39, 0.29) is 36.0 Å². The van der Waals surface area contributed by atoms with Gasteiger partial charge in [-0.2, -0.15) is 0 Å². The topological polar surface area (TPSA) is 104 Å². The molecule has 4 rings (SSSR count). The van der Waals surface area contributed by atoms with Crippen molar-refractivity contribution in [2.45, 2.75) is 44.2 Å². The molecule has 1 aromatic heterocycles. The van der Waals surface area contributed by atoms with Crippen molar-refractivity contribution in [1.82, 2.24) is 9.47 Å². The summed E-state index contributed by atoms with van der Waals surface area (Å²) in [5.41, 5.74) is -1.22. The van der Waals surface area contributed by atoms with Crippen molar-refractivity contribution in [1.29, 1.82) is 0 Å². The molecule has 2 fully saturated rings. The molecule has 0 aromatic carbocycles. The minimum atomic E-state index is -1.33. The highest BCUT2D eigenvalue weighted by Crippen LogP contribution is 2.38. The monoisotopic (exact) mass is 358 g/mol. The highest BCUT2D eigenvalue weighted by atomic mass is 16.6. The molecule has 1 aromatic rings. The Hall–Kier alpha value is -2.62. The lowest BCUT2D eigenvalue weighted by Crippen LogP contribution is -2.57. The van der Waals surface area contributed by atoms with Crippen LogP contribution in [0.1, 0.15) is 40.1 Å². The predicted octanol–water partition coefficient (Wildman–Crippen LogP) is 0.0354. The Morgan fingerprint density at radius 1 is 1.31 bits per heavy atom. The van der Waals surface area contributed by atoms with E-state index in [9.17, 15) is 19.2 Å². The van der Waals surface area contributed by atoms with Gasteiger partial charge in [0.25, 0.3) is 5.91 Å². The number of carbonyl (C=O) groups is 3. The molecule has 3 heterocycles. The predicted molar refractivity (Wildman–Crippen MR) is 86.3 cm³/mol. The van der Waals surface area contributed by atoms with Gasteiger partial charge in [0.1, 0.15) is 5.56 Å². The standard InChI is InChI=1S/C16H15BN2O7/c1-24-13-11-14(21)19-7-2-3-8(4-7)25-10(19)6-18(11)5-9(12(13)20)15(22)26-16(17)23/h5,7-8,10H,2-4,6H2,1H3/t7-,8+,10?/m0/s1. The van der Waals surface area contributed by atoms with Crippen LogP contribution >= 0.6 is 0 Å². The molecule has 1 saturated carbocycles. The maximum absolute atomic E-state index is 13.0. The van der Waals surface area contributed by atoms with E-state index in [2.05, 4.69) is 4.74 Å². The lowest BCUT2D eigenvalue weighted by atomic mass is 10.1. The summed E-state index contributed by atoms with van der Waals surface area (Å²) in [6.07, 6.45) is 3.32. The third-order valence-electron chi connectivity index (χ3n) is 5.06. The van der Waals surface area contributed by atoms with Gasteiger partial charge in [-0.25, -0.2) is 4.79 Å². The van der Waals surface area contributed by atoms with Gasteiger partial charge in [0, 0.05) is 12.2 Å². The molecule has 134 valence electrons. The van der Waals surface area contributed by atoms with Crippen molar-refractivity contribution in [3.05, 3.63) is 27.7 Å². The van der Waals surface area contributed by atoms with E-state index in [1.165, 1.54) is 17.9 Å². The molecule has 3 atom stereocenters. The zero-order valence-electron chi connectivity index (χ0n) is 14.0. The van der Waals surface area contributed by atoms with Crippen LogP contribution in [-0.4, -0.2) is 60.5 Å². The molecule has 3 aliphatic rings. The number of ether oxygens (including phenoxy) is 3. The summed E-state index contributed by atoms with van der Waals surface area (Å²) < 4.78 is 16.8. The number of rotatable bonds is 2. The number of hydrogen-bond donors (Lipinski definition) is 0. The van der Waals surface area contributed by atoms with Gasteiger partial charge in [-0.15, -0.1) is 0 Å². The van der Waals surface area contributed by atoms with E-state index >= 15 is 0 Å². The van der Waals surface area contributed by atoms with Gasteiger partial charge in [-0.1, -0.05) is 0 Å². The Morgan fingerprint density at radius 3 is 2.77 bits per heavy atom. The lowest BCUT2D eigenvalue weighted by molar-refractivity contribution is -0.132. The molecule has 9 nitrogen and oxygen atoms in total. The molecule has 0 N–H and O–H groups in total. The van der Waals surface area contributed by atoms with Crippen molar-refractivity contribution < 1.29 is 28.6 Å². The Balaban J connectivity index is 1.82. The molecule has 0 spiro atoms. The van der Waals surface area contributed by atoms with Crippen LogP contribution in [0.2, 0.25) is 0 Å². The summed E-state index contributed by atoms with van der Waals surface area (Å²) in [5.74, 6) is -3.18. The van der Waals surface area contributed by atoms with Crippen molar-refractivity contribution >= 4 is 25.6 Å². The quantitative estimate of drug-likeness (QED) is 0.418. The van der Waals surface area contributed by atoms with Gasteiger partial charge >= 0.3 is 5.97 Å². The third-order valence-corrected chi connectivity index (χ3v) is 5.06. The van der Waals surface area contributed by atoms with Gasteiger partial charge in [0.2, 0.25) is 19.1 Å². The molecule has 1 unspecified atom stereocenters. The van der Waals surface area contributed by atoms with Crippen molar-refractivity contribution in [2.24, 2.45) is 0 Å². The number of esters is 1. The SMILES string of the molecule is [B]C(=O)OC(=O)c1cn2c(c(OC)c1=O)C(=O)N1C(C2)O[C@@H]2CC[C@H]1C2. The number of aromatic nitrogens is 1. The van der Waals surface area contributed by atoms with Crippen LogP contribution in [0.15, 0.2) is 11.0 Å². The summed E-state index contributed by atoms with van der Waals surface area (Å²) in [5, 5.41) is 0. The molecule has 1 saturated heterocycles. The fourth-order valence-corrected chi connectivity index (χ4v) is 4.02. The van der Waals surface area contributed by atoms with Gasteiger partial charge in [-0.3, -0.25) is 14.4 Å². The molecule has 2 radical (unpaired) electrons. The van der Waals surface area contributed by atoms with E-state index in [4.69, 9.17) is 17.3 Å². The molecular weight excluding hydrogens is 343 g/mol. The van der Waals surface area contributed by atoms with E-state index in [0.29, 0.717) is 0 Å². The fraction of sp³-hybridized carbons (Fsp3) is 0.500. The first kappa shape index (κ1) is 16.8. The van der Waals surface area contributed by atoms with Gasteiger partial charge < -0.3 is 23.7 Å². The largest absolute Gasteiger partial charge is 0.491 e. The molecule has 2 aliphatic heterocycles. The minimum absolute atomic E-state index is 0.0540. The molecular formula is C16H15BN2O7. The van der Waals surface area contributed by atoms with Crippen LogP contribution in [0.4, 0.5) is 4.79 Å². The summed E-state index contributed by atoms with van der Waals surface area (Å²) in [6, 6.07) is 0.0688. The van der Waals surface area contributed by atoms with Gasteiger partial charge in [0.05, 0.1) is 19.8 Å². The summed E-state index contributed by atoms with van der Waals surface area (Å²) >= 11 is 0. The normalized spacial score (nSPS) is 26.1. The number of methoxy groups -OCH3 is 1. The minimum Gasteiger partial charge on any atom is -0.491 e. The fourth-order valence-electron chi connectivity index (χ4n) is 4.02. The molecule has 26 heavy (non-hydrogen) atoms. The first-order valence-corrected chi connectivity index (χ1v) is 8.22. The molecule has 1 aliphatic carbocycles. The second kappa shape index (κ2) is 5.98.